The van der Waals surface area contributed by atoms with Crippen molar-refractivity contribution in [1.29, 1.82) is 5.26 Å². The van der Waals surface area contributed by atoms with Crippen molar-refractivity contribution >= 4 is 6.29 Å². The van der Waals surface area contributed by atoms with Crippen LogP contribution in [0, 0.1) is 17.1 Å². The first-order valence-corrected chi connectivity index (χ1v) is 5.59. The lowest BCUT2D eigenvalue weighted by molar-refractivity contribution is 0.112. The molecule has 0 radical (unpaired) electrons. The van der Waals surface area contributed by atoms with Crippen LogP contribution in [0.4, 0.5) is 4.39 Å². The second-order valence-corrected chi connectivity index (χ2v) is 3.94. The van der Waals surface area contributed by atoms with Crippen LogP contribution in [0.15, 0.2) is 42.5 Å². The number of hydrogen-bond donors (Lipinski definition) is 0. The molecular weight excluding hydrogens is 245 g/mol. The monoisotopic (exact) mass is 255 g/mol. The molecule has 0 saturated carbocycles. The van der Waals surface area contributed by atoms with Crippen molar-refractivity contribution < 1.29 is 13.9 Å². The van der Waals surface area contributed by atoms with E-state index >= 15 is 0 Å². The van der Waals surface area contributed by atoms with E-state index in [2.05, 4.69) is 0 Å². The second kappa shape index (κ2) is 5.78. The zero-order valence-corrected chi connectivity index (χ0v) is 9.97. The molecule has 19 heavy (non-hydrogen) atoms. The first-order chi connectivity index (χ1) is 9.21. The third kappa shape index (κ3) is 3.39. The van der Waals surface area contributed by atoms with Crippen LogP contribution in [-0.2, 0) is 6.61 Å². The molecule has 0 unspecified atom stereocenters. The van der Waals surface area contributed by atoms with Gasteiger partial charge in [0.15, 0.2) is 0 Å². The summed E-state index contributed by atoms with van der Waals surface area (Å²) in [6.07, 6.45) is 0.746. The molecule has 3 nitrogen and oxygen atoms in total. The Bertz CT molecular complexity index is 630. The van der Waals surface area contributed by atoms with Crippen molar-refractivity contribution in [2.75, 3.05) is 0 Å². The van der Waals surface area contributed by atoms with Gasteiger partial charge in [0.25, 0.3) is 0 Å². The van der Waals surface area contributed by atoms with Gasteiger partial charge in [-0.15, -0.1) is 0 Å². The van der Waals surface area contributed by atoms with Crippen LogP contribution >= 0.6 is 0 Å². The Morgan fingerprint density at radius 2 is 1.95 bits per heavy atom. The lowest BCUT2D eigenvalue weighted by atomic mass is 10.1. The van der Waals surface area contributed by atoms with Gasteiger partial charge in [-0.3, -0.25) is 4.79 Å². The highest BCUT2D eigenvalue weighted by molar-refractivity contribution is 5.74. The van der Waals surface area contributed by atoms with Crippen molar-refractivity contribution in [2.45, 2.75) is 6.61 Å². The molecule has 0 spiro atoms. The fourth-order valence-corrected chi connectivity index (χ4v) is 1.61. The summed E-state index contributed by atoms with van der Waals surface area (Å²) in [7, 11) is 0. The Hall–Kier alpha value is -2.67. The van der Waals surface area contributed by atoms with Gasteiger partial charge in [0.1, 0.15) is 24.5 Å². The van der Waals surface area contributed by atoms with Gasteiger partial charge in [-0.2, -0.15) is 5.26 Å². The van der Waals surface area contributed by atoms with Gasteiger partial charge in [0, 0.05) is 5.56 Å². The Morgan fingerprint density at radius 3 is 2.58 bits per heavy atom. The molecule has 0 aromatic heterocycles. The molecule has 2 rings (SSSR count). The molecule has 0 bridgehead atoms. The molecule has 94 valence electrons. The first kappa shape index (κ1) is 12.8. The molecule has 2 aromatic rings. The number of aldehydes is 1. The third-order valence-electron chi connectivity index (χ3n) is 2.51. The standard InChI is InChI=1S/C15H10FNO2/c16-14-6-12(8-17)5-13(7-14)10-19-15-3-1-11(9-18)2-4-15/h1-7,9H,10H2. The lowest BCUT2D eigenvalue weighted by Crippen LogP contribution is -1.97. The molecule has 2 aromatic carbocycles. The second-order valence-electron chi connectivity index (χ2n) is 3.94. The fraction of sp³-hybridized carbons (Fsp3) is 0.0667. The van der Waals surface area contributed by atoms with E-state index in [4.69, 9.17) is 10.00 Å². The minimum Gasteiger partial charge on any atom is -0.489 e. The van der Waals surface area contributed by atoms with E-state index in [0.29, 0.717) is 16.9 Å². The van der Waals surface area contributed by atoms with Gasteiger partial charge in [-0.1, -0.05) is 0 Å². The van der Waals surface area contributed by atoms with Gasteiger partial charge in [-0.05, 0) is 48.0 Å². The van der Waals surface area contributed by atoms with Crippen LogP contribution in [0.3, 0.4) is 0 Å². The number of benzene rings is 2. The smallest absolute Gasteiger partial charge is 0.150 e. The van der Waals surface area contributed by atoms with Crippen LogP contribution < -0.4 is 4.74 Å². The number of hydrogen-bond acceptors (Lipinski definition) is 3. The van der Waals surface area contributed by atoms with Gasteiger partial charge >= 0.3 is 0 Å². The Morgan fingerprint density at radius 1 is 1.21 bits per heavy atom. The zero-order chi connectivity index (χ0) is 13.7. The summed E-state index contributed by atoms with van der Waals surface area (Å²) in [5.41, 5.74) is 1.40. The maximum atomic E-state index is 13.2. The molecule has 0 atom stereocenters. The Labute approximate surface area is 109 Å². The summed E-state index contributed by atoms with van der Waals surface area (Å²) in [6, 6.07) is 12.5. The average molecular weight is 255 g/mol. The van der Waals surface area contributed by atoms with Crippen molar-refractivity contribution in [1.82, 2.24) is 0 Å². The van der Waals surface area contributed by atoms with E-state index in [1.807, 2.05) is 6.07 Å². The maximum Gasteiger partial charge on any atom is 0.150 e. The molecule has 0 heterocycles. The number of rotatable bonds is 4. The lowest BCUT2D eigenvalue weighted by Gasteiger charge is -2.07. The topological polar surface area (TPSA) is 50.1 Å². The van der Waals surface area contributed by atoms with Crippen LogP contribution in [0.5, 0.6) is 5.75 Å². The molecule has 4 heteroatoms. The normalized spacial score (nSPS) is 9.68. The van der Waals surface area contributed by atoms with Crippen LogP contribution in [0.25, 0.3) is 0 Å². The van der Waals surface area contributed by atoms with Gasteiger partial charge < -0.3 is 4.74 Å². The molecule has 0 N–H and O–H groups in total. The highest BCUT2D eigenvalue weighted by atomic mass is 19.1. The van der Waals surface area contributed by atoms with Crippen molar-refractivity contribution in [2.24, 2.45) is 0 Å². The molecule has 0 amide bonds. The summed E-state index contributed by atoms with van der Waals surface area (Å²) < 4.78 is 18.6. The van der Waals surface area contributed by atoms with Crippen molar-refractivity contribution in [3.8, 4) is 11.8 Å². The highest BCUT2D eigenvalue weighted by Gasteiger charge is 2.02. The number of nitrogens with zero attached hydrogens (tertiary/aromatic N) is 1. The summed E-state index contributed by atoms with van der Waals surface area (Å²) in [5, 5.41) is 8.74. The first-order valence-electron chi connectivity index (χ1n) is 5.59. The van der Waals surface area contributed by atoms with E-state index in [1.165, 1.54) is 12.1 Å². The number of halogens is 1. The van der Waals surface area contributed by atoms with E-state index in [1.54, 1.807) is 30.3 Å². The molecule has 0 aliphatic carbocycles. The minimum atomic E-state index is -0.464. The van der Waals surface area contributed by atoms with Gasteiger partial charge in [0.05, 0.1) is 11.6 Å². The van der Waals surface area contributed by atoms with Crippen molar-refractivity contribution in [3.05, 3.63) is 65.0 Å². The largest absolute Gasteiger partial charge is 0.489 e. The summed E-state index contributed by atoms with van der Waals surface area (Å²) in [6.45, 7) is 0.160. The van der Waals surface area contributed by atoms with Crippen LogP contribution in [0.1, 0.15) is 21.5 Å². The molecule has 0 saturated heterocycles. The number of nitriles is 1. The fourth-order valence-electron chi connectivity index (χ4n) is 1.61. The molecule has 0 aliphatic heterocycles. The number of carbonyl (C=O) groups is 1. The number of ether oxygens (including phenoxy) is 1. The summed E-state index contributed by atoms with van der Waals surface area (Å²) in [5.74, 6) is 0.113. The van der Waals surface area contributed by atoms with Gasteiger partial charge in [0.2, 0.25) is 0 Å². The average Bonchev–Trinajstić information content (AvgIpc) is 2.45. The van der Waals surface area contributed by atoms with E-state index in [-0.39, 0.29) is 12.2 Å². The zero-order valence-electron chi connectivity index (χ0n) is 9.97. The predicted molar refractivity (Wildman–Crippen MR) is 67.3 cm³/mol. The maximum absolute atomic E-state index is 13.2. The minimum absolute atomic E-state index is 0.160. The predicted octanol–water partition coefficient (Wildman–Crippen LogP) is 3.09. The van der Waals surface area contributed by atoms with Gasteiger partial charge in [-0.25, -0.2) is 4.39 Å². The summed E-state index contributed by atoms with van der Waals surface area (Å²) >= 11 is 0. The Balaban J connectivity index is 2.07. The number of carbonyl (C=O) groups excluding carboxylic acids is 1. The molecule has 0 fully saturated rings. The highest BCUT2D eigenvalue weighted by Crippen LogP contribution is 2.15. The Kier molecular flexibility index (Phi) is 3.89. The van der Waals surface area contributed by atoms with Crippen LogP contribution in [-0.4, -0.2) is 6.29 Å². The van der Waals surface area contributed by atoms with Crippen molar-refractivity contribution in [3.63, 3.8) is 0 Å². The van der Waals surface area contributed by atoms with E-state index < -0.39 is 5.82 Å². The SMILES string of the molecule is N#Cc1cc(F)cc(COc2ccc(C=O)cc2)c1. The van der Waals surface area contributed by atoms with E-state index in [0.717, 1.165) is 6.29 Å². The summed E-state index contributed by atoms with van der Waals surface area (Å²) in [4.78, 5) is 10.5. The molecule has 0 aliphatic rings. The quantitative estimate of drug-likeness (QED) is 0.789. The van der Waals surface area contributed by atoms with Crippen LogP contribution in [0.2, 0.25) is 0 Å². The molecular formula is C15H10FNO2. The van der Waals surface area contributed by atoms with E-state index in [9.17, 15) is 9.18 Å². The third-order valence-corrected chi connectivity index (χ3v) is 2.51.